The van der Waals surface area contributed by atoms with E-state index in [-0.39, 0.29) is 6.61 Å². The Labute approximate surface area is 82.4 Å². The van der Waals surface area contributed by atoms with E-state index in [2.05, 4.69) is 10.8 Å². The van der Waals surface area contributed by atoms with E-state index in [4.69, 9.17) is 9.47 Å². The molecule has 1 aromatic carbocycles. The summed E-state index contributed by atoms with van der Waals surface area (Å²) in [7, 11) is 2.86. The van der Waals surface area contributed by atoms with Crippen molar-refractivity contribution in [2.24, 2.45) is 0 Å². The van der Waals surface area contributed by atoms with Gasteiger partial charge in [0.15, 0.2) is 6.61 Å². The molecule has 0 aromatic heterocycles. The lowest BCUT2D eigenvalue weighted by atomic mass is 10.3. The summed E-state index contributed by atoms with van der Waals surface area (Å²) in [5.74, 6) is 0.680. The predicted octanol–water partition coefficient (Wildman–Crippen LogP) is 1.05. The topological polar surface area (TPSA) is 44.8 Å². The lowest BCUT2D eigenvalue weighted by Gasteiger charge is -2.05. The molecule has 0 atom stereocenters. The third-order valence-corrected chi connectivity index (χ3v) is 1.56. The zero-order valence-electron chi connectivity index (χ0n) is 8.07. The maximum absolute atomic E-state index is 10.7. The molecule has 0 fully saturated rings. The van der Waals surface area contributed by atoms with Crippen LogP contribution in [0, 0.1) is 6.07 Å². The van der Waals surface area contributed by atoms with Crippen LogP contribution in [0.5, 0.6) is 11.5 Å². The van der Waals surface area contributed by atoms with Crippen molar-refractivity contribution in [2.45, 2.75) is 0 Å². The minimum absolute atomic E-state index is 0.125. The van der Waals surface area contributed by atoms with E-state index in [1.54, 1.807) is 25.3 Å². The molecule has 4 nitrogen and oxygen atoms in total. The van der Waals surface area contributed by atoms with Crippen LogP contribution in [0.15, 0.2) is 18.2 Å². The molecule has 14 heavy (non-hydrogen) atoms. The SMILES string of the molecule is COC(=O)COc1[c]ccc(OC)c1. The summed E-state index contributed by atoms with van der Waals surface area (Å²) in [5.41, 5.74) is 0. The Morgan fingerprint density at radius 2 is 2.29 bits per heavy atom. The van der Waals surface area contributed by atoms with Crippen molar-refractivity contribution in [1.82, 2.24) is 0 Å². The van der Waals surface area contributed by atoms with Crippen LogP contribution in [0.25, 0.3) is 0 Å². The Bertz CT molecular complexity index is 309. The highest BCUT2D eigenvalue weighted by atomic mass is 16.6. The minimum Gasteiger partial charge on any atom is -0.497 e. The molecule has 1 rings (SSSR count). The van der Waals surface area contributed by atoms with Gasteiger partial charge in [-0.05, 0) is 12.1 Å². The molecule has 75 valence electrons. The Hall–Kier alpha value is -1.71. The molecule has 0 aliphatic heterocycles. The van der Waals surface area contributed by atoms with Gasteiger partial charge in [0.2, 0.25) is 0 Å². The molecule has 0 heterocycles. The smallest absolute Gasteiger partial charge is 0.343 e. The van der Waals surface area contributed by atoms with Gasteiger partial charge in [-0.25, -0.2) is 4.79 Å². The first kappa shape index (κ1) is 10.4. The average Bonchev–Trinajstić information content (AvgIpc) is 2.26. The van der Waals surface area contributed by atoms with E-state index < -0.39 is 5.97 Å². The van der Waals surface area contributed by atoms with Gasteiger partial charge in [0.05, 0.1) is 14.2 Å². The summed E-state index contributed by atoms with van der Waals surface area (Å²) in [4.78, 5) is 10.7. The standard InChI is InChI=1S/C10H11O4/c1-12-8-4-3-5-9(6-8)14-7-10(11)13-2/h3-4,6H,7H2,1-2H3. The van der Waals surface area contributed by atoms with Gasteiger partial charge in [-0.2, -0.15) is 0 Å². The lowest BCUT2D eigenvalue weighted by molar-refractivity contribution is -0.142. The van der Waals surface area contributed by atoms with Crippen molar-refractivity contribution in [3.05, 3.63) is 24.3 Å². The van der Waals surface area contributed by atoms with E-state index in [1.807, 2.05) is 0 Å². The summed E-state index contributed by atoms with van der Waals surface area (Å²) < 4.78 is 14.5. The predicted molar refractivity (Wildman–Crippen MR) is 49.3 cm³/mol. The highest BCUT2D eigenvalue weighted by molar-refractivity contribution is 5.70. The van der Waals surface area contributed by atoms with E-state index in [0.717, 1.165) is 0 Å². The highest BCUT2D eigenvalue weighted by Crippen LogP contribution is 2.17. The first-order valence-electron chi connectivity index (χ1n) is 4.01. The Balaban J connectivity index is 2.54. The van der Waals surface area contributed by atoms with Crippen LogP contribution in [0.2, 0.25) is 0 Å². The van der Waals surface area contributed by atoms with E-state index in [1.165, 1.54) is 7.11 Å². The Morgan fingerprint density at radius 1 is 1.50 bits per heavy atom. The fourth-order valence-electron chi connectivity index (χ4n) is 0.831. The number of benzene rings is 1. The van der Waals surface area contributed by atoms with Crippen molar-refractivity contribution in [3.8, 4) is 11.5 Å². The average molecular weight is 195 g/mol. The van der Waals surface area contributed by atoms with Gasteiger partial charge in [0.25, 0.3) is 0 Å². The number of carbonyl (C=O) groups is 1. The highest BCUT2D eigenvalue weighted by Gasteiger charge is 2.02. The van der Waals surface area contributed by atoms with E-state index >= 15 is 0 Å². The van der Waals surface area contributed by atoms with Gasteiger partial charge in [-0.3, -0.25) is 0 Å². The zero-order valence-corrected chi connectivity index (χ0v) is 8.07. The van der Waals surface area contributed by atoms with Gasteiger partial charge >= 0.3 is 5.97 Å². The molecule has 0 aliphatic carbocycles. The summed E-state index contributed by atoms with van der Waals surface area (Å²) >= 11 is 0. The van der Waals surface area contributed by atoms with E-state index in [9.17, 15) is 4.79 Å². The first-order chi connectivity index (χ1) is 6.76. The summed E-state index contributed by atoms with van der Waals surface area (Å²) in [6.07, 6.45) is 0. The molecule has 0 bridgehead atoms. The monoisotopic (exact) mass is 195 g/mol. The van der Waals surface area contributed by atoms with Gasteiger partial charge in [0.1, 0.15) is 11.5 Å². The number of hydrogen-bond acceptors (Lipinski definition) is 4. The van der Waals surface area contributed by atoms with Crippen LogP contribution in [0.3, 0.4) is 0 Å². The van der Waals surface area contributed by atoms with Crippen molar-refractivity contribution >= 4 is 5.97 Å². The van der Waals surface area contributed by atoms with Crippen molar-refractivity contribution < 1.29 is 19.0 Å². The number of methoxy groups -OCH3 is 2. The number of esters is 1. The van der Waals surface area contributed by atoms with Gasteiger partial charge in [-0.15, -0.1) is 0 Å². The van der Waals surface area contributed by atoms with Crippen molar-refractivity contribution in [2.75, 3.05) is 20.8 Å². The molecule has 1 radical (unpaired) electrons. The van der Waals surface area contributed by atoms with Crippen LogP contribution >= 0.6 is 0 Å². The quantitative estimate of drug-likeness (QED) is 0.673. The molecule has 4 heteroatoms. The van der Waals surface area contributed by atoms with Crippen LogP contribution in [-0.2, 0) is 9.53 Å². The maximum Gasteiger partial charge on any atom is 0.343 e. The van der Waals surface area contributed by atoms with Gasteiger partial charge in [-0.1, -0.05) is 0 Å². The van der Waals surface area contributed by atoms with Gasteiger partial charge < -0.3 is 14.2 Å². The summed E-state index contributed by atoms with van der Waals surface area (Å²) in [5, 5.41) is 0. The molecule has 0 spiro atoms. The third-order valence-electron chi connectivity index (χ3n) is 1.56. The molecule has 0 unspecified atom stereocenters. The molecular formula is C10H11O4. The summed E-state index contributed by atoms with van der Waals surface area (Å²) in [6, 6.07) is 7.85. The zero-order chi connectivity index (χ0) is 10.4. The number of ether oxygens (including phenoxy) is 3. The third kappa shape index (κ3) is 2.97. The van der Waals surface area contributed by atoms with Crippen LogP contribution in [0.4, 0.5) is 0 Å². The molecule has 0 aliphatic rings. The molecular weight excluding hydrogens is 184 g/mol. The number of hydrogen-bond donors (Lipinski definition) is 0. The second-order valence-corrected chi connectivity index (χ2v) is 2.46. The normalized spacial score (nSPS) is 9.29. The van der Waals surface area contributed by atoms with Crippen LogP contribution in [-0.4, -0.2) is 26.8 Å². The Morgan fingerprint density at radius 3 is 2.93 bits per heavy atom. The molecule has 0 saturated heterocycles. The van der Waals surface area contributed by atoms with Gasteiger partial charge in [0, 0.05) is 12.1 Å². The fraction of sp³-hybridized carbons (Fsp3) is 0.300. The number of rotatable bonds is 4. The Kier molecular flexibility index (Phi) is 3.79. The molecule has 1 aromatic rings. The fourth-order valence-corrected chi connectivity index (χ4v) is 0.831. The first-order valence-corrected chi connectivity index (χ1v) is 4.01. The van der Waals surface area contributed by atoms with Crippen LogP contribution < -0.4 is 9.47 Å². The van der Waals surface area contributed by atoms with Crippen molar-refractivity contribution in [1.29, 1.82) is 0 Å². The minimum atomic E-state index is -0.429. The van der Waals surface area contributed by atoms with Crippen LogP contribution in [0.1, 0.15) is 0 Å². The van der Waals surface area contributed by atoms with Crippen molar-refractivity contribution in [3.63, 3.8) is 0 Å². The summed E-state index contributed by atoms with van der Waals surface area (Å²) in [6.45, 7) is -0.125. The van der Waals surface area contributed by atoms with E-state index in [0.29, 0.717) is 11.5 Å². The largest absolute Gasteiger partial charge is 0.497 e. The molecule has 0 N–H and O–H groups in total. The maximum atomic E-state index is 10.7. The second-order valence-electron chi connectivity index (χ2n) is 2.46. The number of carbonyl (C=O) groups excluding carboxylic acids is 1. The molecule has 0 amide bonds. The lowest BCUT2D eigenvalue weighted by Crippen LogP contribution is -2.12. The second kappa shape index (κ2) is 5.11. The molecule has 0 saturated carbocycles.